The molecule has 0 aliphatic rings. The fraction of sp³-hybridized carbons (Fsp3) is 0.250. The third-order valence-electron chi connectivity index (χ3n) is 3.71. The van der Waals surface area contributed by atoms with Crippen LogP contribution in [0, 0.1) is 10.1 Å². The number of rotatable bonds is 6. The first-order chi connectivity index (χ1) is 12.6. The summed E-state index contributed by atoms with van der Waals surface area (Å²) in [4.78, 5) is 34.3. The maximum Gasteiger partial charge on any atom is 0.339 e. The number of methoxy groups -OCH3 is 1. The van der Waals surface area contributed by atoms with Crippen LogP contribution in [0.1, 0.15) is 15.9 Å². The third kappa shape index (κ3) is 4.20. The Morgan fingerprint density at radius 2 is 1.96 bits per heavy atom. The summed E-state index contributed by atoms with van der Waals surface area (Å²) in [6.45, 7) is -0.165. The van der Waals surface area contributed by atoms with E-state index in [0.29, 0.717) is 5.56 Å². The van der Waals surface area contributed by atoms with Gasteiger partial charge in [-0.1, -0.05) is 12.1 Å². The van der Waals surface area contributed by atoms with Gasteiger partial charge < -0.3 is 9.30 Å². The lowest BCUT2D eigenvalue weighted by atomic mass is 10.2. The van der Waals surface area contributed by atoms with Gasteiger partial charge in [0.25, 0.3) is 0 Å². The third-order valence-corrected chi connectivity index (χ3v) is 5.53. The Morgan fingerprint density at radius 3 is 2.52 bits per heavy atom. The average molecular weight is 395 g/mol. The van der Waals surface area contributed by atoms with Crippen LogP contribution in [-0.4, -0.2) is 49.4 Å². The van der Waals surface area contributed by atoms with Crippen molar-refractivity contribution in [3.63, 3.8) is 0 Å². The van der Waals surface area contributed by atoms with Gasteiger partial charge in [-0.05, 0) is 17.7 Å². The largest absolute Gasteiger partial charge is 0.465 e. The minimum atomic E-state index is -3.69. The number of benzene rings is 1. The second-order valence-corrected chi connectivity index (χ2v) is 7.88. The molecule has 144 valence electrons. The number of nitrogens with zero attached hydrogens (tertiary/aromatic N) is 3. The molecule has 0 unspecified atom stereocenters. The molecular weight excluding hydrogens is 378 g/mol. The summed E-state index contributed by atoms with van der Waals surface area (Å²) >= 11 is 0. The van der Waals surface area contributed by atoms with Gasteiger partial charge in [-0.2, -0.15) is 0 Å². The first kappa shape index (κ1) is 20.3. The summed E-state index contributed by atoms with van der Waals surface area (Å²) in [6.07, 6.45) is 1.13. The average Bonchev–Trinajstić information content (AvgIpc) is 2.62. The molecule has 11 heteroatoms. The number of ether oxygens (including phenoxy) is 1. The molecule has 10 nitrogen and oxygen atoms in total. The van der Waals surface area contributed by atoms with Crippen LogP contribution in [0.3, 0.4) is 0 Å². The smallest absolute Gasteiger partial charge is 0.339 e. The van der Waals surface area contributed by atoms with Gasteiger partial charge in [0.1, 0.15) is 0 Å². The number of carbonyl (C=O) groups excluding carboxylic acids is 1. The Balaban J connectivity index is 2.55. The molecule has 0 spiro atoms. The SMILES string of the molecule is COC(=O)c1cc([N+](=O)[O-])c(=O)n(Cc2cccc(S(=O)(=O)N(C)C)c2)c1. The van der Waals surface area contributed by atoms with Gasteiger partial charge in [0.05, 0.1) is 29.0 Å². The van der Waals surface area contributed by atoms with E-state index in [-0.39, 0.29) is 17.0 Å². The van der Waals surface area contributed by atoms with Crippen molar-refractivity contribution in [2.45, 2.75) is 11.4 Å². The van der Waals surface area contributed by atoms with Crippen LogP contribution in [0.15, 0.2) is 46.2 Å². The van der Waals surface area contributed by atoms with E-state index in [1.54, 1.807) is 6.07 Å². The van der Waals surface area contributed by atoms with Gasteiger partial charge in [-0.3, -0.25) is 14.9 Å². The topological polar surface area (TPSA) is 129 Å². The van der Waals surface area contributed by atoms with Gasteiger partial charge in [-0.25, -0.2) is 17.5 Å². The standard InChI is InChI=1S/C16H17N3O7S/c1-17(2)27(24,25)13-6-4-5-11(7-13)9-18-10-12(16(21)26-3)8-14(15(18)20)19(22)23/h4-8,10H,9H2,1-3H3. The Hall–Kier alpha value is -3.05. The predicted molar refractivity (Wildman–Crippen MR) is 95.1 cm³/mol. The van der Waals surface area contributed by atoms with Gasteiger partial charge in [0, 0.05) is 26.4 Å². The zero-order chi connectivity index (χ0) is 20.4. The van der Waals surface area contributed by atoms with E-state index in [1.165, 1.54) is 32.3 Å². The highest BCUT2D eigenvalue weighted by atomic mass is 32.2. The fourth-order valence-corrected chi connectivity index (χ4v) is 3.28. The molecule has 27 heavy (non-hydrogen) atoms. The lowest BCUT2D eigenvalue weighted by Gasteiger charge is -2.13. The number of pyridine rings is 1. The van der Waals surface area contributed by atoms with E-state index in [9.17, 15) is 28.1 Å². The molecule has 0 aliphatic heterocycles. The van der Waals surface area contributed by atoms with E-state index in [2.05, 4.69) is 4.74 Å². The van der Waals surface area contributed by atoms with Crippen molar-refractivity contribution in [1.29, 1.82) is 0 Å². The molecule has 0 saturated carbocycles. The molecule has 0 aliphatic carbocycles. The molecule has 0 fully saturated rings. The van der Waals surface area contributed by atoms with Crippen LogP contribution in [-0.2, 0) is 21.3 Å². The molecule has 0 bridgehead atoms. The van der Waals surface area contributed by atoms with Crippen molar-refractivity contribution < 1.29 is 22.9 Å². The van der Waals surface area contributed by atoms with Crippen LogP contribution < -0.4 is 5.56 Å². The first-order valence-corrected chi connectivity index (χ1v) is 9.00. The quantitative estimate of drug-likeness (QED) is 0.403. The summed E-state index contributed by atoms with van der Waals surface area (Å²) in [6, 6.07) is 6.66. The van der Waals surface area contributed by atoms with Crippen molar-refractivity contribution in [2.75, 3.05) is 21.2 Å². The Morgan fingerprint density at radius 1 is 1.30 bits per heavy atom. The van der Waals surface area contributed by atoms with Gasteiger partial charge in [0.15, 0.2) is 0 Å². The number of nitro groups is 1. The number of hydrogen-bond acceptors (Lipinski definition) is 7. The van der Waals surface area contributed by atoms with Gasteiger partial charge >= 0.3 is 17.2 Å². The van der Waals surface area contributed by atoms with Crippen LogP contribution in [0.4, 0.5) is 5.69 Å². The molecule has 0 atom stereocenters. The first-order valence-electron chi connectivity index (χ1n) is 7.56. The number of aromatic nitrogens is 1. The zero-order valence-corrected chi connectivity index (χ0v) is 15.6. The van der Waals surface area contributed by atoms with Crippen molar-refractivity contribution >= 4 is 21.7 Å². The van der Waals surface area contributed by atoms with Gasteiger partial charge in [0.2, 0.25) is 10.0 Å². The molecule has 2 rings (SSSR count). The molecule has 2 aromatic rings. The molecule has 1 aromatic heterocycles. The molecule has 0 amide bonds. The van der Waals surface area contributed by atoms with Crippen LogP contribution in [0.25, 0.3) is 0 Å². The monoisotopic (exact) mass is 395 g/mol. The van der Waals surface area contributed by atoms with E-state index < -0.39 is 32.2 Å². The summed E-state index contributed by atoms with van der Waals surface area (Å²) in [5.74, 6) is -0.837. The number of esters is 1. The highest BCUT2D eigenvalue weighted by Gasteiger charge is 2.21. The maximum absolute atomic E-state index is 12.3. The summed E-state index contributed by atoms with van der Waals surface area (Å²) in [5, 5.41) is 11.1. The van der Waals surface area contributed by atoms with E-state index in [1.807, 2.05) is 0 Å². The summed E-state index contributed by atoms with van der Waals surface area (Å²) < 4.78 is 31.0. The van der Waals surface area contributed by atoms with E-state index in [0.717, 1.165) is 28.2 Å². The number of carbonyl (C=O) groups is 1. The van der Waals surface area contributed by atoms with Gasteiger partial charge in [-0.15, -0.1) is 0 Å². The zero-order valence-electron chi connectivity index (χ0n) is 14.8. The van der Waals surface area contributed by atoms with Crippen molar-refractivity contribution in [1.82, 2.24) is 8.87 Å². The van der Waals surface area contributed by atoms with E-state index in [4.69, 9.17) is 0 Å². The molecular formula is C16H17N3O7S. The fourth-order valence-electron chi connectivity index (χ4n) is 2.31. The highest BCUT2D eigenvalue weighted by Crippen LogP contribution is 2.16. The van der Waals surface area contributed by atoms with E-state index >= 15 is 0 Å². The highest BCUT2D eigenvalue weighted by molar-refractivity contribution is 7.89. The minimum absolute atomic E-state index is 0.0108. The molecule has 0 radical (unpaired) electrons. The predicted octanol–water partition coefficient (Wildman–Crippen LogP) is 0.842. The van der Waals surface area contributed by atoms with Crippen LogP contribution in [0.2, 0.25) is 0 Å². The lowest BCUT2D eigenvalue weighted by Crippen LogP contribution is -2.25. The maximum atomic E-state index is 12.3. The molecule has 0 N–H and O–H groups in total. The molecule has 0 saturated heterocycles. The Labute approximate surface area is 154 Å². The van der Waals surface area contributed by atoms with Crippen molar-refractivity contribution in [2.24, 2.45) is 0 Å². The Kier molecular flexibility index (Phi) is 5.76. The number of sulfonamides is 1. The van der Waals surface area contributed by atoms with Crippen LogP contribution in [0.5, 0.6) is 0 Å². The Bertz CT molecular complexity index is 1060. The summed E-state index contributed by atoms with van der Waals surface area (Å²) in [7, 11) is 0.194. The molecule has 1 aromatic carbocycles. The van der Waals surface area contributed by atoms with Crippen molar-refractivity contribution in [3.8, 4) is 0 Å². The lowest BCUT2D eigenvalue weighted by molar-refractivity contribution is -0.386. The molecule has 1 heterocycles. The summed E-state index contributed by atoms with van der Waals surface area (Å²) in [5.41, 5.74) is -1.46. The minimum Gasteiger partial charge on any atom is -0.465 e. The normalized spacial score (nSPS) is 11.4. The second-order valence-electron chi connectivity index (χ2n) is 5.73. The second kappa shape index (κ2) is 7.68. The van der Waals surface area contributed by atoms with Crippen molar-refractivity contribution in [3.05, 3.63) is 68.1 Å². The number of hydrogen-bond donors (Lipinski definition) is 0. The van der Waals surface area contributed by atoms with Crippen LogP contribution >= 0.6 is 0 Å².